The second-order valence-corrected chi connectivity index (χ2v) is 4.22. The summed E-state index contributed by atoms with van der Waals surface area (Å²) in [5.74, 6) is -1.13. The summed E-state index contributed by atoms with van der Waals surface area (Å²) >= 11 is 5.67. The summed E-state index contributed by atoms with van der Waals surface area (Å²) in [4.78, 5) is 14.7. The molecule has 4 nitrogen and oxygen atoms in total. The van der Waals surface area contributed by atoms with Gasteiger partial charge in [-0.2, -0.15) is 0 Å². The molecule has 0 aliphatic heterocycles. The average molecular weight is 281 g/mol. The fraction of sp³-hybridized carbons (Fsp3) is 0.0769. The summed E-state index contributed by atoms with van der Waals surface area (Å²) in [6, 6.07) is 9.02. The third-order valence-corrected chi connectivity index (χ3v) is 2.72. The Balaban J connectivity index is 2.07. The van der Waals surface area contributed by atoms with Crippen molar-refractivity contribution in [3.63, 3.8) is 0 Å². The van der Waals surface area contributed by atoms with E-state index in [4.69, 9.17) is 16.7 Å². The molecule has 0 unspecified atom stereocenters. The van der Waals surface area contributed by atoms with Gasteiger partial charge in [-0.1, -0.05) is 23.7 Å². The van der Waals surface area contributed by atoms with Crippen LogP contribution in [0.25, 0.3) is 0 Å². The molecular formula is C13H10ClFN2O2. The number of hydrogen-bond acceptors (Lipinski definition) is 3. The van der Waals surface area contributed by atoms with Crippen LogP contribution in [-0.4, -0.2) is 16.1 Å². The molecule has 0 radical (unpaired) electrons. The Morgan fingerprint density at radius 1 is 1.37 bits per heavy atom. The Kier molecular flexibility index (Phi) is 3.97. The van der Waals surface area contributed by atoms with Crippen LogP contribution in [0.2, 0.25) is 5.02 Å². The maximum Gasteiger partial charge on any atom is 0.354 e. The first-order valence-electron chi connectivity index (χ1n) is 5.44. The highest BCUT2D eigenvalue weighted by Crippen LogP contribution is 2.17. The molecule has 0 bridgehead atoms. The second-order valence-electron chi connectivity index (χ2n) is 3.82. The fourth-order valence-electron chi connectivity index (χ4n) is 1.49. The van der Waals surface area contributed by atoms with Crippen molar-refractivity contribution < 1.29 is 14.3 Å². The Bertz CT molecular complexity index is 619. The van der Waals surface area contributed by atoms with E-state index in [0.29, 0.717) is 12.4 Å². The molecule has 19 heavy (non-hydrogen) atoms. The topological polar surface area (TPSA) is 62.2 Å². The smallest absolute Gasteiger partial charge is 0.354 e. The van der Waals surface area contributed by atoms with Crippen molar-refractivity contribution in [2.24, 2.45) is 0 Å². The third kappa shape index (κ3) is 3.42. The van der Waals surface area contributed by atoms with Crippen LogP contribution < -0.4 is 5.32 Å². The number of halogens is 2. The Labute approximate surface area is 113 Å². The van der Waals surface area contributed by atoms with Gasteiger partial charge in [0.1, 0.15) is 11.6 Å². The van der Waals surface area contributed by atoms with E-state index in [9.17, 15) is 9.18 Å². The summed E-state index contributed by atoms with van der Waals surface area (Å²) in [6.45, 7) is 0.371. The zero-order chi connectivity index (χ0) is 13.8. The first-order chi connectivity index (χ1) is 9.06. The number of rotatable bonds is 4. The molecule has 0 aliphatic rings. The second kappa shape index (κ2) is 5.67. The van der Waals surface area contributed by atoms with Gasteiger partial charge in [0, 0.05) is 6.54 Å². The monoisotopic (exact) mass is 280 g/mol. The van der Waals surface area contributed by atoms with Gasteiger partial charge in [-0.3, -0.25) is 0 Å². The van der Waals surface area contributed by atoms with Gasteiger partial charge in [-0.05, 0) is 29.8 Å². The maximum absolute atomic E-state index is 13.0. The van der Waals surface area contributed by atoms with E-state index in [-0.39, 0.29) is 10.7 Å². The number of pyridine rings is 1. The molecule has 0 atom stereocenters. The van der Waals surface area contributed by atoms with Crippen LogP contribution in [0.15, 0.2) is 36.4 Å². The lowest BCUT2D eigenvalue weighted by molar-refractivity contribution is 0.0690. The summed E-state index contributed by atoms with van der Waals surface area (Å²) in [7, 11) is 0. The number of benzene rings is 1. The largest absolute Gasteiger partial charge is 0.477 e. The lowest BCUT2D eigenvalue weighted by Gasteiger charge is -2.07. The van der Waals surface area contributed by atoms with Gasteiger partial charge in [-0.25, -0.2) is 14.2 Å². The van der Waals surface area contributed by atoms with Crippen LogP contribution in [-0.2, 0) is 6.54 Å². The highest BCUT2D eigenvalue weighted by Gasteiger charge is 2.05. The number of carbonyl (C=O) groups is 1. The van der Waals surface area contributed by atoms with E-state index in [1.165, 1.54) is 18.2 Å². The Hall–Kier alpha value is -2.14. The van der Waals surface area contributed by atoms with Crippen LogP contribution >= 0.6 is 11.6 Å². The molecule has 0 spiro atoms. The van der Waals surface area contributed by atoms with Crippen LogP contribution in [0.5, 0.6) is 0 Å². The van der Waals surface area contributed by atoms with Gasteiger partial charge in [0.15, 0.2) is 5.69 Å². The number of aromatic nitrogens is 1. The highest BCUT2D eigenvalue weighted by atomic mass is 35.5. The summed E-state index contributed by atoms with van der Waals surface area (Å²) in [6.07, 6.45) is 0. The van der Waals surface area contributed by atoms with Crippen molar-refractivity contribution in [1.82, 2.24) is 4.98 Å². The van der Waals surface area contributed by atoms with Gasteiger partial charge < -0.3 is 10.4 Å². The molecule has 6 heteroatoms. The minimum Gasteiger partial charge on any atom is -0.477 e. The van der Waals surface area contributed by atoms with E-state index in [0.717, 1.165) is 5.56 Å². The molecule has 2 rings (SSSR count). The highest BCUT2D eigenvalue weighted by molar-refractivity contribution is 6.30. The molecule has 1 aromatic heterocycles. The standard InChI is InChI=1S/C13H10ClFN2O2/c14-9-6-8(4-5-10(9)15)7-16-12-3-1-2-11(17-12)13(18)19/h1-6H,7H2,(H,16,17)(H,18,19). The average Bonchev–Trinajstić information content (AvgIpc) is 2.40. The Morgan fingerprint density at radius 3 is 2.84 bits per heavy atom. The lowest BCUT2D eigenvalue weighted by atomic mass is 10.2. The number of aromatic carboxylic acids is 1. The van der Waals surface area contributed by atoms with E-state index < -0.39 is 11.8 Å². The number of hydrogen-bond donors (Lipinski definition) is 2. The van der Waals surface area contributed by atoms with Crippen LogP contribution in [0.4, 0.5) is 10.2 Å². The normalized spacial score (nSPS) is 10.2. The Morgan fingerprint density at radius 2 is 2.16 bits per heavy atom. The minimum absolute atomic E-state index is 0.0397. The molecular weight excluding hydrogens is 271 g/mol. The molecule has 2 N–H and O–H groups in total. The molecule has 98 valence electrons. The van der Waals surface area contributed by atoms with Crippen LogP contribution in [0.1, 0.15) is 16.1 Å². The van der Waals surface area contributed by atoms with Crippen LogP contribution in [0.3, 0.4) is 0 Å². The predicted molar refractivity (Wildman–Crippen MR) is 69.9 cm³/mol. The number of carboxylic acid groups (broad SMARTS) is 1. The first-order valence-corrected chi connectivity index (χ1v) is 5.82. The first kappa shape index (κ1) is 13.3. The van der Waals surface area contributed by atoms with Gasteiger partial charge in [0.2, 0.25) is 0 Å². The zero-order valence-corrected chi connectivity index (χ0v) is 10.5. The summed E-state index contributed by atoms with van der Waals surface area (Å²) in [5.41, 5.74) is 0.732. The maximum atomic E-state index is 13.0. The van der Waals surface area contributed by atoms with Gasteiger partial charge in [0.25, 0.3) is 0 Å². The predicted octanol–water partition coefficient (Wildman–Crippen LogP) is 3.18. The SMILES string of the molecule is O=C(O)c1cccc(NCc2ccc(F)c(Cl)c2)n1. The zero-order valence-electron chi connectivity index (χ0n) is 9.73. The summed E-state index contributed by atoms with van der Waals surface area (Å²) in [5, 5.41) is 11.8. The molecule has 0 fully saturated rings. The number of nitrogens with zero attached hydrogens (tertiary/aromatic N) is 1. The van der Waals surface area contributed by atoms with Crippen LogP contribution in [0, 0.1) is 5.82 Å². The van der Waals surface area contributed by atoms with Crippen molar-refractivity contribution in [3.05, 3.63) is 58.5 Å². The van der Waals surface area contributed by atoms with Crippen molar-refractivity contribution in [3.8, 4) is 0 Å². The molecule has 0 saturated carbocycles. The van der Waals surface area contributed by atoms with E-state index in [1.807, 2.05) is 0 Å². The number of carboxylic acids is 1. The number of nitrogens with one attached hydrogen (secondary N) is 1. The quantitative estimate of drug-likeness (QED) is 0.903. The van der Waals surface area contributed by atoms with E-state index in [1.54, 1.807) is 18.2 Å². The molecule has 0 amide bonds. The molecule has 0 saturated heterocycles. The molecule has 1 aromatic carbocycles. The van der Waals surface area contributed by atoms with E-state index in [2.05, 4.69) is 10.3 Å². The van der Waals surface area contributed by atoms with Crippen molar-refractivity contribution >= 4 is 23.4 Å². The van der Waals surface area contributed by atoms with Gasteiger partial charge in [-0.15, -0.1) is 0 Å². The lowest BCUT2D eigenvalue weighted by Crippen LogP contribution is -2.05. The van der Waals surface area contributed by atoms with Crippen molar-refractivity contribution in [1.29, 1.82) is 0 Å². The van der Waals surface area contributed by atoms with Gasteiger partial charge >= 0.3 is 5.97 Å². The van der Waals surface area contributed by atoms with Gasteiger partial charge in [0.05, 0.1) is 5.02 Å². The minimum atomic E-state index is -1.09. The molecule has 0 aliphatic carbocycles. The molecule has 2 aromatic rings. The fourth-order valence-corrected chi connectivity index (χ4v) is 1.70. The van der Waals surface area contributed by atoms with Crippen molar-refractivity contribution in [2.45, 2.75) is 6.54 Å². The van der Waals surface area contributed by atoms with Crippen molar-refractivity contribution in [2.75, 3.05) is 5.32 Å². The summed E-state index contributed by atoms with van der Waals surface area (Å²) < 4.78 is 13.0. The van der Waals surface area contributed by atoms with E-state index >= 15 is 0 Å². The third-order valence-electron chi connectivity index (χ3n) is 2.43. The molecule has 1 heterocycles. The number of anilines is 1.